The van der Waals surface area contributed by atoms with Gasteiger partial charge in [-0.05, 0) is 33.2 Å². The fourth-order valence-corrected chi connectivity index (χ4v) is 2.26. The average molecular weight is 226 g/mol. The minimum absolute atomic E-state index is 0.0175. The first kappa shape index (κ1) is 10.5. The van der Waals surface area contributed by atoms with E-state index in [0.29, 0.717) is 5.13 Å². The molecule has 1 fully saturated rings. The maximum Gasteiger partial charge on any atom is 0.246 e. The molecule has 1 atom stereocenters. The molecule has 1 aromatic rings. The van der Waals surface area contributed by atoms with Crippen molar-refractivity contribution < 1.29 is 4.79 Å². The Kier molecular flexibility index (Phi) is 2.70. The first-order valence-electron chi connectivity index (χ1n) is 4.97. The molecule has 0 bridgehead atoms. The minimum atomic E-state index is -0.445. The van der Waals surface area contributed by atoms with Crippen LogP contribution in [0.3, 0.4) is 0 Å². The van der Waals surface area contributed by atoms with Crippen LogP contribution in [-0.4, -0.2) is 28.2 Å². The third kappa shape index (κ3) is 2.15. The maximum atomic E-state index is 11.9. The van der Waals surface area contributed by atoms with E-state index in [-0.39, 0.29) is 5.91 Å². The SMILES string of the molecule is Cc1nnc(NC(=O)C2(C)CCCN2)s1. The highest BCUT2D eigenvalue weighted by atomic mass is 32.1. The number of aryl methyl sites for hydroxylation is 1. The third-order valence-corrected chi connectivity index (χ3v) is 3.37. The van der Waals surface area contributed by atoms with Crippen LogP contribution in [0.4, 0.5) is 5.13 Å². The van der Waals surface area contributed by atoms with Crippen LogP contribution in [0.15, 0.2) is 0 Å². The van der Waals surface area contributed by atoms with Crippen LogP contribution < -0.4 is 10.6 Å². The lowest BCUT2D eigenvalue weighted by Crippen LogP contribution is -2.47. The Hall–Kier alpha value is -1.01. The number of carbonyl (C=O) groups excluding carboxylic acids is 1. The second-order valence-corrected chi connectivity index (χ2v) is 5.12. The van der Waals surface area contributed by atoms with Crippen molar-refractivity contribution in [2.75, 3.05) is 11.9 Å². The van der Waals surface area contributed by atoms with E-state index in [2.05, 4.69) is 20.8 Å². The molecule has 1 aliphatic heterocycles. The summed E-state index contributed by atoms with van der Waals surface area (Å²) in [4.78, 5) is 11.9. The number of carbonyl (C=O) groups is 1. The van der Waals surface area contributed by atoms with Gasteiger partial charge in [0.25, 0.3) is 0 Å². The highest BCUT2D eigenvalue weighted by Crippen LogP contribution is 2.22. The zero-order valence-corrected chi connectivity index (χ0v) is 9.65. The lowest BCUT2D eigenvalue weighted by molar-refractivity contribution is -0.121. The largest absolute Gasteiger partial charge is 0.304 e. The van der Waals surface area contributed by atoms with Crippen LogP contribution in [0.25, 0.3) is 0 Å². The Bertz CT molecular complexity index is 370. The number of nitrogens with zero attached hydrogens (tertiary/aromatic N) is 2. The molecule has 15 heavy (non-hydrogen) atoms. The lowest BCUT2D eigenvalue weighted by Gasteiger charge is -2.21. The number of hydrogen-bond acceptors (Lipinski definition) is 5. The van der Waals surface area contributed by atoms with E-state index >= 15 is 0 Å². The van der Waals surface area contributed by atoms with Crippen molar-refractivity contribution in [3.8, 4) is 0 Å². The van der Waals surface area contributed by atoms with Gasteiger partial charge in [0.15, 0.2) is 0 Å². The Morgan fingerprint density at radius 1 is 1.60 bits per heavy atom. The lowest BCUT2D eigenvalue weighted by atomic mass is 10.00. The summed E-state index contributed by atoms with van der Waals surface area (Å²) < 4.78 is 0. The van der Waals surface area contributed by atoms with Gasteiger partial charge in [0.05, 0.1) is 5.54 Å². The number of nitrogens with one attached hydrogen (secondary N) is 2. The van der Waals surface area contributed by atoms with Gasteiger partial charge >= 0.3 is 0 Å². The van der Waals surface area contributed by atoms with E-state index in [9.17, 15) is 4.79 Å². The van der Waals surface area contributed by atoms with Gasteiger partial charge < -0.3 is 5.32 Å². The van der Waals surface area contributed by atoms with Crippen molar-refractivity contribution in [3.63, 3.8) is 0 Å². The molecule has 2 N–H and O–H groups in total. The molecule has 1 amide bonds. The van der Waals surface area contributed by atoms with Gasteiger partial charge in [-0.1, -0.05) is 11.3 Å². The molecule has 5 nitrogen and oxygen atoms in total. The summed E-state index contributed by atoms with van der Waals surface area (Å²) in [5.74, 6) is -0.0175. The van der Waals surface area contributed by atoms with Gasteiger partial charge in [-0.25, -0.2) is 0 Å². The number of rotatable bonds is 2. The summed E-state index contributed by atoms with van der Waals surface area (Å²) in [6, 6.07) is 0. The van der Waals surface area contributed by atoms with Crippen molar-refractivity contribution in [2.45, 2.75) is 32.2 Å². The van der Waals surface area contributed by atoms with Crippen LogP contribution >= 0.6 is 11.3 Å². The summed E-state index contributed by atoms with van der Waals surface area (Å²) in [7, 11) is 0. The van der Waals surface area contributed by atoms with Crippen molar-refractivity contribution in [1.82, 2.24) is 15.5 Å². The molecular formula is C9H14N4OS. The summed E-state index contributed by atoms with van der Waals surface area (Å²) >= 11 is 1.39. The third-order valence-electron chi connectivity index (χ3n) is 2.62. The van der Waals surface area contributed by atoms with Gasteiger partial charge in [0.1, 0.15) is 5.01 Å². The van der Waals surface area contributed by atoms with Crippen molar-refractivity contribution in [2.24, 2.45) is 0 Å². The van der Waals surface area contributed by atoms with Gasteiger partial charge in [0, 0.05) is 0 Å². The molecule has 1 aromatic heterocycles. The number of anilines is 1. The van der Waals surface area contributed by atoms with Crippen molar-refractivity contribution >= 4 is 22.4 Å². The zero-order valence-electron chi connectivity index (χ0n) is 8.83. The first-order valence-corrected chi connectivity index (χ1v) is 5.78. The van der Waals surface area contributed by atoms with Crippen LogP contribution in [0.2, 0.25) is 0 Å². The van der Waals surface area contributed by atoms with E-state index in [1.54, 1.807) is 0 Å². The van der Waals surface area contributed by atoms with E-state index in [4.69, 9.17) is 0 Å². The highest BCUT2D eigenvalue weighted by molar-refractivity contribution is 7.15. The molecule has 1 saturated heterocycles. The maximum absolute atomic E-state index is 11.9. The number of hydrogen-bond donors (Lipinski definition) is 2. The molecule has 6 heteroatoms. The number of amides is 1. The molecule has 0 spiro atoms. The molecule has 2 heterocycles. The summed E-state index contributed by atoms with van der Waals surface area (Å²) in [5, 5.41) is 15.1. The van der Waals surface area contributed by atoms with E-state index < -0.39 is 5.54 Å². The molecule has 0 saturated carbocycles. The fourth-order valence-electron chi connectivity index (χ4n) is 1.67. The predicted octanol–water partition coefficient (Wildman–Crippen LogP) is 0.927. The second kappa shape index (κ2) is 3.86. The molecule has 1 aliphatic rings. The summed E-state index contributed by atoms with van der Waals surface area (Å²) in [6.45, 7) is 4.69. The summed E-state index contributed by atoms with van der Waals surface area (Å²) in [6.07, 6.45) is 1.91. The van der Waals surface area contributed by atoms with Crippen LogP contribution in [0, 0.1) is 6.92 Å². The molecule has 0 aliphatic carbocycles. The Morgan fingerprint density at radius 3 is 2.93 bits per heavy atom. The van der Waals surface area contributed by atoms with Gasteiger partial charge in [-0.3, -0.25) is 10.1 Å². The van der Waals surface area contributed by atoms with Gasteiger partial charge in [-0.15, -0.1) is 10.2 Å². The predicted molar refractivity (Wildman–Crippen MR) is 58.9 cm³/mol. The molecule has 0 radical (unpaired) electrons. The second-order valence-electron chi connectivity index (χ2n) is 3.94. The monoisotopic (exact) mass is 226 g/mol. The molecular weight excluding hydrogens is 212 g/mol. The van der Waals surface area contributed by atoms with Crippen LogP contribution in [-0.2, 0) is 4.79 Å². The standard InChI is InChI=1S/C9H14N4OS/c1-6-12-13-8(15-6)11-7(14)9(2)4-3-5-10-9/h10H,3-5H2,1-2H3,(H,11,13,14). The summed E-state index contributed by atoms with van der Waals surface area (Å²) in [5.41, 5.74) is -0.445. The average Bonchev–Trinajstić information content (AvgIpc) is 2.76. The van der Waals surface area contributed by atoms with Crippen LogP contribution in [0.5, 0.6) is 0 Å². The minimum Gasteiger partial charge on any atom is -0.304 e. The van der Waals surface area contributed by atoms with Gasteiger partial charge in [0.2, 0.25) is 11.0 Å². The number of aromatic nitrogens is 2. The topological polar surface area (TPSA) is 66.9 Å². The normalized spacial score (nSPS) is 25.5. The quantitative estimate of drug-likeness (QED) is 0.787. The first-order chi connectivity index (χ1) is 7.10. The molecule has 0 aromatic carbocycles. The molecule has 82 valence electrons. The fraction of sp³-hybridized carbons (Fsp3) is 0.667. The van der Waals surface area contributed by atoms with E-state index in [1.165, 1.54) is 11.3 Å². The molecule has 2 rings (SSSR count). The Balaban J connectivity index is 2.03. The Labute approximate surface area is 92.3 Å². The molecule has 1 unspecified atom stereocenters. The van der Waals surface area contributed by atoms with E-state index in [0.717, 1.165) is 24.4 Å². The highest BCUT2D eigenvalue weighted by Gasteiger charge is 2.36. The van der Waals surface area contributed by atoms with Crippen LogP contribution in [0.1, 0.15) is 24.8 Å². The Morgan fingerprint density at radius 2 is 2.40 bits per heavy atom. The van der Waals surface area contributed by atoms with Crippen molar-refractivity contribution in [1.29, 1.82) is 0 Å². The smallest absolute Gasteiger partial charge is 0.246 e. The van der Waals surface area contributed by atoms with E-state index in [1.807, 2.05) is 13.8 Å². The zero-order chi connectivity index (χ0) is 10.9. The van der Waals surface area contributed by atoms with Crippen molar-refractivity contribution in [3.05, 3.63) is 5.01 Å². The van der Waals surface area contributed by atoms with Gasteiger partial charge in [-0.2, -0.15) is 0 Å².